The Bertz CT molecular complexity index is 1470. The van der Waals surface area contributed by atoms with E-state index in [9.17, 15) is 4.79 Å². The fourth-order valence-corrected chi connectivity index (χ4v) is 4.65. The third-order valence-corrected chi connectivity index (χ3v) is 6.96. The minimum absolute atomic E-state index is 0.235. The van der Waals surface area contributed by atoms with E-state index >= 15 is 0 Å². The number of rotatable bonds is 5. The quantitative estimate of drug-likeness (QED) is 0.314. The zero-order valence-corrected chi connectivity index (χ0v) is 21.4. The van der Waals surface area contributed by atoms with E-state index in [0.29, 0.717) is 28.1 Å². The predicted octanol–water partition coefficient (Wildman–Crippen LogP) is 7.27. The lowest BCUT2D eigenvalue weighted by molar-refractivity contribution is 0.244. The van der Waals surface area contributed by atoms with Crippen molar-refractivity contribution in [2.24, 2.45) is 0 Å². The molecule has 0 spiro atoms. The van der Waals surface area contributed by atoms with E-state index in [4.69, 9.17) is 21.1 Å². The second-order valence-electron chi connectivity index (χ2n) is 9.04. The first-order chi connectivity index (χ1) is 17.4. The van der Waals surface area contributed by atoms with Gasteiger partial charge in [-0.15, -0.1) is 0 Å². The molecule has 7 heteroatoms. The molecule has 0 saturated carbocycles. The van der Waals surface area contributed by atoms with E-state index < -0.39 is 6.04 Å². The van der Waals surface area contributed by atoms with Crippen molar-refractivity contribution in [2.75, 3.05) is 4.90 Å². The summed E-state index contributed by atoms with van der Waals surface area (Å²) in [5.74, 6) is 0.865. The minimum atomic E-state index is -0.445. The normalized spacial score (nSPS) is 15.9. The van der Waals surface area contributed by atoms with Crippen molar-refractivity contribution in [2.45, 2.75) is 40.2 Å². The maximum atomic E-state index is 13.4. The Morgan fingerprint density at radius 3 is 2.50 bits per heavy atom. The summed E-state index contributed by atoms with van der Waals surface area (Å²) in [7, 11) is 0. The van der Waals surface area contributed by atoms with Crippen LogP contribution in [0.4, 0.5) is 10.5 Å². The van der Waals surface area contributed by atoms with Crippen molar-refractivity contribution >= 4 is 28.9 Å². The number of amides is 2. The molecular weight excluding hydrogens is 472 g/mol. The predicted molar refractivity (Wildman–Crippen MR) is 143 cm³/mol. The zero-order chi connectivity index (χ0) is 25.4. The Kier molecular flexibility index (Phi) is 6.37. The average Bonchev–Trinajstić information content (AvgIpc) is 3.36. The van der Waals surface area contributed by atoms with E-state index in [2.05, 4.69) is 29.5 Å². The molecule has 3 aromatic carbocycles. The second-order valence-corrected chi connectivity index (χ2v) is 9.45. The van der Waals surface area contributed by atoms with E-state index in [1.54, 1.807) is 11.0 Å². The number of halogens is 1. The largest absolute Gasteiger partial charge is 0.334 e. The van der Waals surface area contributed by atoms with E-state index in [1.165, 1.54) is 5.56 Å². The number of carbonyl (C=O) groups is 1. The fraction of sp³-hybridized carbons (Fsp3) is 0.207. The van der Waals surface area contributed by atoms with Crippen LogP contribution < -0.4 is 10.2 Å². The monoisotopic (exact) mass is 498 g/mol. The molecule has 5 rings (SSSR count). The maximum absolute atomic E-state index is 13.4. The van der Waals surface area contributed by atoms with E-state index in [-0.39, 0.29) is 6.03 Å². The molecule has 1 aromatic heterocycles. The van der Waals surface area contributed by atoms with Gasteiger partial charge in [0.2, 0.25) is 5.82 Å². The summed E-state index contributed by atoms with van der Waals surface area (Å²) in [4.78, 5) is 19.8. The van der Waals surface area contributed by atoms with Gasteiger partial charge in [0.1, 0.15) is 0 Å². The van der Waals surface area contributed by atoms with Gasteiger partial charge in [0.25, 0.3) is 5.89 Å². The number of hydrogen-bond donors (Lipinski definition) is 1. The summed E-state index contributed by atoms with van der Waals surface area (Å²) >= 11 is 6.25. The molecule has 182 valence electrons. The molecule has 36 heavy (non-hydrogen) atoms. The first kappa shape index (κ1) is 23.8. The smallest absolute Gasteiger partial charge is 0.326 e. The van der Waals surface area contributed by atoms with Crippen molar-refractivity contribution in [1.29, 1.82) is 0 Å². The average molecular weight is 499 g/mol. The van der Waals surface area contributed by atoms with Crippen LogP contribution in [-0.2, 0) is 6.42 Å². The van der Waals surface area contributed by atoms with Crippen molar-refractivity contribution < 1.29 is 9.32 Å². The molecular formula is C29H27ClN4O2. The minimum Gasteiger partial charge on any atom is -0.334 e. The number of allylic oxidation sites excluding steroid dienone is 1. The first-order valence-corrected chi connectivity index (χ1v) is 12.3. The SMILES string of the molecule is CCc1ccc(C2NC(=O)N(c3ccc(Cl)c(C)c3)C(C)=C2c2nc(-c3cccc(C)c3)no2)cc1. The molecule has 2 amide bonds. The highest BCUT2D eigenvalue weighted by molar-refractivity contribution is 6.31. The summed E-state index contributed by atoms with van der Waals surface area (Å²) in [5.41, 5.74) is 7.20. The summed E-state index contributed by atoms with van der Waals surface area (Å²) in [6.07, 6.45) is 0.937. The number of aromatic nitrogens is 2. The van der Waals surface area contributed by atoms with Crippen LogP contribution in [0.2, 0.25) is 5.02 Å². The van der Waals surface area contributed by atoms with Gasteiger partial charge in [-0.1, -0.05) is 71.7 Å². The van der Waals surface area contributed by atoms with Gasteiger partial charge >= 0.3 is 6.03 Å². The van der Waals surface area contributed by atoms with Crippen LogP contribution in [0.15, 0.2) is 77.0 Å². The highest BCUT2D eigenvalue weighted by Crippen LogP contribution is 2.39. The Labute approximate surface area is 215 Å². The molecule has 1 atom stereocenters. The number of urea groups is 1. The van der Waals surface area contributed by atoms with Crippen LogP contribution in [-0.4, -0.2) is 16.2 Å². The lowest BCUT2D eigenvalue weighted by Crippen LogP contribution is -2.46. The molecule has 0 bridgehead atoms. The van der Waals surface area contributed by atoms with Gasteiger partial charge in [-0.3, -0.25) is 4.90 Å². The molecule has 0 radical (unpaired) electrons. The van der Waals surface area contributed by atoms with Crippen molar-refractivity contribution in [1.82, 2.24) is 15.5 Å². The molecule has 0 fully saturated rings. The molecule has 0 aliphatic carbocycles. The van der Waals surface area contributed by atoms with E-state index in [0.717, 1.165) is 34.2 Å². The van der Waals surface area contributed by atoms with Crippen LogP contribution in [0.5, 0.6) is 0 Å². The standard InChI is InChI=1S/C29H27ClN4O2/c1-5-20-9-11-21(12-10-20)26-25(28-32-27(33-36-28)22-8-6-7-17(2)15-22)19(4)34(29(35)31-26)23-13-14-24(30)18(3)16-23/h6-16,26H,5H2,1-4H3,(H,31,35). The number of aryl methyl sites for hydroxylation is 3. The molecule has 1 aliphatic rings. The van der Waals surface area contributed by atoms with Gasteiger partial charge in [0, 0.05) is 16.3 Å². The highest BCUT2D eigenvalue weighted by atomic mass is 35.5. The van der Waals surface area contributed by atoms with Gasteiger partial charge in [0.05, 0.1) is 17.3 Å². The molecule has 1 N–H and O–H groups in total. The summed E-state index contributed by atoms with van der Waals surface area (Å²) in [6, 6.07) is 21.0. The van der Waals surface area contributed by atoms with Crippen molar-refractivity contribution in [3.05, 3.63) is 106 Å². The zero-order valence-electron chi connectivity index (χ0n) is 20.7. The fourth-order valence-electron chi connectivity index (χ4n) is 4.53. The second kappa shape index (κ2) is 9.63. The number of benzene rings is 3. The number of anilines is 1. The van der Waals surface area contributed by atoms with Crippen LogP contribution in [0, 0.1) is 13.8 Å². The molecule has 4 aromatic rings. The van der Waals surface area contributed by atoms with E-state index in [1.807, 2.05) is 69.3 Å². The first-order valence-electron chi connectivity index (χ1n) is 11.9. The van der Waals surface area contributed by atoms with Crippen molar-refractivity contribution in [3.63, 3.8) is 0 Å². The van der Waals surface area contributed by atoms with Crippen LogP contribution in [0.3, 0.4) is 0 Å². The molecule has 0 saturated heterocycles. The van der Waals surface area contributed by atoms with Crippen LogP contribution in [0.25, 0.3) is 17.0 Å². The third-order valence-electron chi connectivity index (χ3n) is 6.54. The lowest BCUT2D eigenvalue weighted by Gasteiger charge is -2.35. The summed E-state index contributed by atoms with van der Waals surface area (Å²) in [5, 5.41) is 8.07. The number of carbonyl (C=O) groups excluding carboxylic acids is 1. The summed E-state index contributed by atoms with van der Waals surface area (Å²) < 4.78 is 5.81. The van der Waals surface area contributed by atoms with Gasteiger partial charge in [0.15, 0.2) is 0 Å². The Balaban J connectivity index is 1.65. The Morgan fingerprint density at radius 2 is 1.81 bits per heavy atom. The van der Waals surface area contributed by atoms with Crippen LogP contribution in [0.1, 0.15) is 48.0 Å². The van der Waals surface area contributed by atoms with Gasteiger partial charge in [-0.25, -0.2) is 4.79 Å². The molecule has 1 unspecified atom stereocenters. The molecule has 2 heterocycles. The third kappa shape index (κ3) is 4.40. The molecule has 1 aliphatic heterocycles. The highest BCUT2D eigenvalue weighted by Gasteiger charge is 2.36. The molecule has 6 nitrogen and oxygen atoms in total. The number of nitrogens with zero attached hydrogens (tertiary/aromatic N) is 3. The topological polar surface area (TPSA) is 71.3 Å². The van der Waals surface area contributed by atoms with Crippen molar-refractivity contribution in [3.8, 4) is 11.4 Å². The van der Waals surface area contributed by atoms with Crippen LogP contribution >= 0.6 is 11.6 Å². The maximum Gasteiger partial charge on any atom is 0.326 e. The van der Waals surface area contributed by atoms with Gasteiger partial charge in [-0.2, -0.15) is 4.98 Å². The number of nitrogens with one attached hydrogen (secondary N) is 1. The number of hydrogen-bond acceptors (Lipinski definition) is 4. The Morgan fingerprint density at radius 1 is 1.03 bits per heavy atom. The van der Waals surface area contributed by atoms with Gasteiger partial charge in [-0.05, 0) is 68.1 Å². The Hall–Kier alpha value is -3.90. The summed E-state index contributed by atoms with van der Waals surface area (Å²) in [6.45, 7) is 7.96. The lowest BCUT2D eigenvalue weighted by atomic mass is 9.93. The van der Waals surface area contributed by atoms with Gasteiger partial charge < -0.3 is 9.84 Å².